The molecule has 0 spiro atoms. The summed E-state index contributed by atoms with van der Waals surface area (Å²) in [6.07, 6.45) is -0.701. The number of carboxylic acid groups (broad SMARTS) is 1. The summed E-state index contributed by atoms with van der Waals surface area (Å²) in [6.45, 7) is 3.20. The van der Waals surface area contributed by atoms with Gasteiger partial charge in [-0.25, -0.2) is 4.79 Å². The van der Waals surface area contributed by atoms with Crippen LogP contribution >= 0.6 is 0 Å². The maximum Gasteiger partial charge on any atom is 0.344 e. The van der Waals surface area contributed by atoms with Crippen LogP contribution < -0.4 is 4.74 Å². The van der Waals surface area contributed by atoms with E-state index in [1.54, 1.807) is 6.92 Å². The van der Waals surface area contributed by atoms with Gasteiger partial charge in [0.05, 0.1) is 10.5 Å². The molecule has 0 saturated heterocycles. The third-order valence-electron chi connectivity index (χ3n) is 2.37. The normalized spacial score (nSPS) is 11.9. The summed E-state index contributed by atoms with van der Waals surface area (Å²) in [5.41, 5.74) is 0.250. The number of hydrogen-bond donors (Lipinski definition) is 1. The van der Waals surface area contributed by atoms with E-state index in [1.807, 2.05) is 0 Å². The van der Waals surface area contributed by atoms with Crippen molar-refractivity contribution in [1.82, 2.24) is 0 Å². The molecule has 1 rings (SSSR count). The highest BCUT2D eigenvalue weighted by Gasteiger charge is 2.20. The van der Waals surface area contributed by atoms with Crippen LogP contribution in [0.1, 0.15) is 18.9 Å². The smallest absolute Gasteiger partial charge is 0.344 e. The maximum absolute atomic E-state index is 10.8. The fourth-order valence-corrected chi connectivity index (χ4v) is 1.39. The molecule has 0 heterocycles. The number of carbonyl (C=O) groups is 1. The van der Waals surface area contributed by atoms with Crippen LogP contribution in [0.15, 0.2) is 18.2 Å². The van der Waals surface area contributed by atoms with Gasteiger partial charge in [-0.1, -0.05) is 13.0 Å². The second kappa shape index (κ2) is 5.29. The van der Waals surface area contributed by atoms with Gasteiger partial charge in [-0.2, -0.15) is 0 Å². The van der Waals surface area contributed by atoms with Gasteiger partial charge >= 0.3 is 5.97 Å². The average molecular weight is 239 g/mol. The SMILES string of the molecule is CCC(Oc1cccc([N+](=O)[O-])c1C)C(=O)O. The van der Waals surface area contributed by atoms with Crippen LogP contribution in [0.4, 0.5) is 5.69 Å². The van der Waals surface area contributed by atoms with Gasteiger partial charge in [0.15, 0.2) is 6.10 Å². The molecule has 0 aromatic heterocycles. The van der Waals surface area contributed by atoms with Gasteiger partial charge in [0.1, 0.15) is 5.75 Å². The molecule has 1 N–H and O–H groups in total. The van der Waals surface area contributed by atoms with E-state index in [1.165, 1.54) is 25.1 Å². The van der Waals surface area contributed by atoms with Gasteiger partial charge in [-0.15, -0.1) is 0 Å². The van der Waals surface area contributed by atoms with Crippen LogP contribution in [-0.4, -0.2) is 22.1 Å². The Bertz CT molecular complexity index is 443. The number of benzene rings is 1. The average Bonchev–Trinajstić information content (AvgIpc) is 2.26. The predicted molar refractivity (Wildman–Crippen MR) is 60.2 cm³/mol. The number of nitro benzene ring substituents is 1. The minimum atomic E-state index is -1.08. The van der Waals surface area contributed by atoms with Crippen LogP contribution in [0.2, 0.25) is 0 Å². The Morgan fingerprint density at radius 2 is 2.24 bits per heavy atom. The van der Waals surface area contributed by atoms with E-state index in [4.69, 9.17) is 9.84 Å². The van der Waals surface area contributed by atoms with Crippen molar-refractivity contribution in [2.24, 2.45) is 0 Å². The zero-order valence-corrected chi connectivity index (χ0v) is 9.54. The molecular weight excluding hydrogens is 226 g/mol. The molecule has 17 heavy (non-hydrogen) atoms. The number of ether oxygens (including phenoxy) is 1. The van der Waals surface area contributed by atoms with Crippen molar-refractivity contribution in [2.45, 2.75) is 26.4 Å². The second-order valence-corrected chi connectivity index (χ2v) is 3.51. The van der Waals surface area contributed by atoms with Crippen molar-refractivity contribution in [2.75, 3.05) is 0 Å². The lowest BCUT2D eigenvalue weighted by molar-refractivity contribution is -0.385. The quantitative estimate of drug-likeness (QED) is 0.628. The van der Waals surface area contributed by atoms with Crippen LogP contribution in [-0.2, 0) is 4.79 Å². The van der Waals surface area contributed by atoms with E-state index in [0.717, 1.165) is 0 Å². The summed E-state index contributed by atoms with van der Waals surface area (Å²) < 4.78 is 5.24. The molecule has 0 amide bonds. The maximum atomic E-state index is 10.8. The monoisotopic (exact) mass is 239 g/mol. The lowest BCUT2D eigenvalue weighted by Crippen LogP contribution is -2.26. The summed E-state index contributed by atoms with van der Waals surface area (Å²) in [5.74, 6) is -0.855. The number of rotatable bonds is 5. The second-order valence-electron chi connectivity index (χ2n) is 3.51. The third-order valence-corrected chi connectivity index (χ3v) is 2.37. The fourth-order valence-electron chi connectivity index (χ4n) is 1.39. The van der Waals surface area contributed by atoms with Gasteiger partial charge in [-0.3, -0.25) is 10.1 Å². The Hall–Kier alpha value is -2.11. The van der Waals surface area contributed by atoms with Crippen LogP contribution in [0.5, 0.6) is 5.75 Å². The topological polar surface area (TPSA) is 89.7 Å². The van der Waals surface area contributed by atoms with E-state index < -0.39 is 17.0 Å². The Balaban J connectivity index is 3.03. The number of hydrogen-bond acceptors (Lipinski definition) is 4. The lowest BCUT2D eigenvalue weighted by Gasteiger charge is -2.14. The van der Waals surface area contributed by atoms with Gasteiger partial charge in [0.25, 0.3) is 5.69 Å². The molecule has 0 radical (unpaired) electrons. The zero-order chi connectivity index (χ0) is 13.0. The molecule has 0 aliphatic heterocycles. The molecule has 0 fully saturated rings. The highest BCUT2D eigenvalue weighted by Crippen LogP contribution is 2.28. The van der Waals surface area contributed by atoms with E-state index in [2.05, 4.69) is 0 Å². The van der Waals surface area contributed by atoms with Crippen molar-refractivity contribution < 1.29 is 19.6 Å². The summed E-state index contributed by atoms with van der Waals surface area (Å²) in [7, 11) is 0. The van der Waals surface area contributed by atoms with Crippen LogP contribution in [0.25, 0.3) is 0 Å². The Morgan fingerprint density at radius 1 is 1.59 bits per heavy atom. The van der Waals surface area contributed by atoms with Crippen molar-refractivity contribution in [1.29, 1.82) is 0 Å². The first kappa shape index (κ1) is 13.0. The molecule has 1 aromatic carbocycles. The van der Waals surface area contributed by atoms with E-state index in [-0.39, 0.29) is 17.9 Å². The Morgan fingerprint density at radius 3 is 2.71 bits per heavy atom. The van der Waals surface area contributed by atoms with Gasteiger partial charge in [-0.05, 0) is 19.4 Å². The van der Waals surface area contributed by atoms with Crippen molar-refractivity contribution in [3.8, 4) is 5.75 Å². The minimum absolute atomic E-state index is 0.0808. The van der Waals surface area contributed by atoms with E-state index in [9.17, 15) is 14.9 Å². The largest absolute Gasteiger partial charge is 0.479 e. The molecule has 0 aliphatic rings. The highest BCUT2D eigenvalue weighted by atomic mass is 16.6. The number of aliphatic carboxylic acids is 1. The van der Waals surface area contributed by atoms with E-state index in [0.29, 0.717) is 5.56 Å². The Labute approximate surface area is 98.0 Å². The van der Waals surface area contributed by atoms with Crippen molar-refractivity contribution in [3.05, 3.63) is 33.9 Å². The molecule has 1 atom stereocenters. The molecular formula is C11H13NO5. The van der Waals surface area contributed by atoms with Gasteiger partial charge in [0, 0.05) is 6.07 Å². The van der Waals surface area contributed by atoms with Crippen molar-refractivity contribution >= 4 is 11.7 Å². The molecule has 0 aliphatic carbocycles. The molecule has 1 unspecified atom stereocenters. The highest BCUT2D eigenvalue weighted by molar-refractivity contribution is 5.72. The minimum Gasteiger partial charge on any atom is -0.479 e. The number of nitrogens with zero attached hydrogens (tertiary/aromatic N) is 1. The number of nitro groups is 1. The summed E-state index contributed by atoms with van der Waals surface area (Å²) in [4.78, 5) is 21.0. The van der Waals surface area contributed by atoms with Crippen LogP contribution in [0, 0.1) is 17.0 Å². The lowest BCUT2D eigenvalue weighted by atomic mass is 10.2. The van der Waals surface area contributed by atoms with Crippen LogP contribution in [0.3, 0.4) is 0 Å². The molecule has 92 valence electrons. The van der Waals surface area contributed by atoms with Crippen molar-refractivity contribution in [3.63, 3.8) is 0 Å². The summed E-state index contributed by atoms with van der Waals surface area (Å²) in [5, 5.41) is 19.5. The third kappa shape index (κ3) is 2.93. The first-order valence-electron chi connectivity index (χ1n) is 5.10. The van der Waals surface area contributed by atoms with E-state index >= 15 is 0 Å². The molecule has 6 heteroatoms. The van der Waals surface area contributed by atoms with Gasteiger partial charge < -0.3 is 9.84 Å². The standard InChI is InChI=1S/C11H13NO5/c1-3-9(11(13)14)17-10-6-4-5-8(7(10)2)12(15)16/h4-6,9H,3H2,1-2H3,(H,13,14). The number of carboxylic acids is 1. The van der Waals surface area contributed by atoms with Gasteiger partial charge in [0.2, 0.25) is 0 Å². The molecule has 6 nitrogen and oxygen atoms in total. The summed E-state index contributed by atoms with van der Waals surface area (Å²) >= 11 is 0. The molecule has 0 saturated carbocycles. The zero-order valence-electron chi connectivity index (χ0n) is 9.54. The first-order chi connectivity index (χ1) is 7.97. The molecule has 0 bridgehead atoms. The predicted octanol–water partition coefficient (Wildman–Crippen LogP) is 2.15. The first-order valence-corrected chi connectivity index (χ1v) is 5.10. The molecule has 1 aromatic rings. The summed E-state index contributed by atoms with van der Waals surface area (Å²) in [6, 6.07) is 4.34. The Kier molecular flexibility index (Phi) is 4.03. The fraction of sp³-hybridized carbons (Fsp3) is 0.364.